The monoisotopic (exact) mass is 411 g/mol. The zero-order chi connectivity index (χ0) is 21.1. The van der Waals surface area contributed by atoms with Crippen LogP contribution >= 0.6 is 0 Å². The largest absolute Gasteiger partial charge is 0.418 e. The lowest BCUT2D eigenvalue weighted by Crippen LogP contribution is -2.62. The molecular weight excluding hydrogens is 383 g/mol. The second-order valence-electron chi connectivity index (χ2n) is 8.26. The molecule has 5 nitrogen and oxygen atoms in total. The number of nitrogens with one attached hydrogen (secondary N) is 2. The van der Waals surface area contributed by atoms with Crippen LogP contribution in [0.15, 0.2) is 24.3 Å². The van der Waals surface area contributed by atoms with Gasteiger partial charge in [0, 0.05) is 13.1 Å². The molecule has 3 rings (SSSR count). The summed E-state index contributed by atoms with van der Waals surface area (Å²) in [5.74, 6) is 0.295. The Morgan fingerprint density at radius 2 is 1.79 bits per heavy atom. The fourth-order valence-electron chi connectivity index (χ4n) is 4.43. The lowest BCUT2D eigenvalue weighted by atomic mass is 9.80. The van der Waals surface area contributed by atoms with Crippen LogP contribution in [-0.4, -0.2) is 35.5 Å². The molecule has 0 bridgehead atoms. The third-order valence-corrected chi connectivity index (χ3v) is 5.89. The van der Waals surface area contributed by atoms with E-state index < -0.39 is 23.3 Å². The van der Waals surface area contributed by atoms with Crippen molar-refractivity contribution in [1.29, 1.82) is 0 Å². The van der Waals surface area contributed by atoms with Crippen LogP contribution < -0.4 is 10.6 Å². The molecule has 1 aliphatic carbocycles. The van der Waals surface area contributed by atoms with E-state index >= 15 is 0 Å². The SMILES string of the molecule is CC1CCCN(C(=O)C2(NC(=O)Nc3ccccc3C(F)(F)F)CCCCC2)C1. The van der Waals surface area contributed by atoms with Crippen molar-refractivity contribution in [1.82, 2.24) is 10.2 Å². The Kier molecular flexibility index (Phi) is 6.39. The average Bonchev–Trinajstić information content (AvgIpc) is 2.67. The Bertz CT molecular complexity index is 745. The number of alkyl halides is 3. The summed E-state index contributed by atoms with van der Waals surface area (Å²) in [7, 11) is 0. The molecule has 1 unspecified atom stereocenters. The van der Waals surface area contributed by atoms with Crippen LogP contribution in [-0.2, 0) is 11.0 Å². The topological polar surface area (TPSA) is 61.4 Å². The van der Waals surface area contributed by atoms with Crippen LogP contribution in [0.3, 0.4) is 0 Å². The van der Waals surface area contributed by atoms with E-state index in [1.165, 1.54) is 18.2 Å². The van der Waals surface area contributed by atoms with Crippen molar-refractivity contribution in [2.24, 2.45) is 5.92 Å². The molecule has 1 saturated heterocycles. The van der Waals surface area contributed by atoms with Crippen LogP contribution in [0.4, 0.5) is 23.7 Å². The molecule has 1 aliphatic heterocycles. The number of carbonyl (C=O) groups excluding carboxylic acids is 2. The molecule has 0 aromatic heterocycles. The maximum atomic E-state index is 13.3. The molecule has 1 atom stereocenters. The van der Waals surface area contributed by atoms with Crippen molar-refractivity contribution in [2.45, 2.75) is 63.6 Å². The Labute approximate surface area is 169 Å². The van der Waals surface area contributed by atoms with E-state index in [1.54, 1.807) is 0 Å². The minimum Gasteiger partial charge on any atom is -0.340 e. The van der Waals surface area contributed by atoms with Crippen molar-refractivity contribution < 1.29 is 22.8 Å². The number of nitrogens with zero attached hydrogens (tertiary/aromatic N) is 1. The normalized spacial score (nSPS) is 22.1. The molecular formula is C21H28F3N3O2. The summed E-state index contributed by atoms with van der Waals surface area (Å²) in [4.78, 5) is 27.8. The summed E-state index contributed by atoms with van der Waals surface area (Å²) >= 11 is 0. The second-order valence-corrected chi connectivity index (χ2v) is 8.26. The zero-order valence-electron chi connectivity index (χ0n) is 16.6. The summed E-state index contributed by atoms with van der Waals surface area (Å²) in [6.07, 6.45) is 1.00. The third-order valence-electron chi connectivity index (χ3n) is 5.89. The predicted octanol–water partition coefficient (Wildman–Crippen LogP) is 4.79. The van der Waals surface area contributed by atoms with Gasteiger partial charge in [-0.05, 0) is 43.7 Å². The van der Waals surface area contributed by atoms with Crippen LogP contribution in [0.1, 0.15) is 57.4 Å². The van der Waals surface area contributed by atoms with Crippen molar-refractivity contribution in [3.8, 4) is 0 Å². The lowest BCUT2D eigenvalue weighted by Gasteiger charge is -2.42. The number of hydrogen-bond donors (Lipinski definition) is 2. The molecule has 1 saturated carbocycles. The number of halogens is 3. The zero-order valence-corrected chi connectivity index (χ0v) is 16.6. The molecule has 0 spiro atoms. The Hall–Kier alpha value is -2.25. The van der Waals surface area contributed by atoms with Crippen LogP contribution in [0, 0.1) is 5.92 Å². The number of para-hydroxylation sites is 1. The maximum absolute atomic E-state index is 13.3. The molecule has 29 heavy (non-hydrogen) atoms. The number of likely N-dealkylation sites (tertiary alicyclic amines) is 1. The number of hydrogen-bond acceptors (Lipinski definition) is 2. The number of piperidine rings is 1. The number of anilines is 1. The van der Waals surface area contributed by atoms with Crippen molar-refractivity contribution >= 4 is 17.6 Å². The van der Waals surface area contributed by atoms with Gasteiger partial charge in [0.15, 0.2) is 0 Å². The third kappa shape index (κ3) is 5.03. The molecule has 160 valence electrons. The van der Waals surface area contributed by atoms with E-state index in [9.17, 15) is 22.8 Å². The Morgan fingerprint density at radius 1 is 1.10 bits per heavy atom. The van der Waals surface area contributed by atoms with E-state index in [4.69, 9.17) is 0 Å². The first-order chi connectivity index (χ1) is 13.7. The highest BCUT2D eigenvalue weighted by Crippen LogP contribution is 2.35. The van der Waals surface area contributed by atoms with Gasteiger partial charge in [0.1, 0.15) is 5.54 Å². The van der Waals surface area contributed by atoms with Crippen molar-refractivity contribution in [3.05, 3.63) is 29.8 Å². The first-order valence-corrected chi connectivity index (χ1v) is 10.3. The highest BCUT2D eigenvalue weighted by atomic mass is 19.4. The lowest BCUT2D eigenvalue weighted by molar-refractivity contribution is -0.141. The molecule has 2 fully saturated rings. The molecule has 8 heteroatoms. The van der Waals surface area contributed by atoms with Gasteiger partial charge >= 0.3 is 12.2 Å². The number of amides is 3. The first-order valence-electron chi connectivity index (χ1n) is 10.3. The maximum Gasteiger partial charge on any atom is 0.418 e. The smallest absolute Gasteiger partial charge is 0.340 e. The van der Waals surface area contributed by atoms with Crippen molar-refractivity contribution in [2.75, 3.05) is 18.4 Å². The fourth-order valence-corrected chi connectivity index (χ4v) is 4.43. The second kappa shape index (κ2) is 8.63. The van der Waals surface area contributed by atoms with Gasteiger partial charge in [-0.15, -0.1) is 0 Å². The summed E-state index contributed by atoms with van der Waals surface area (Å²) < 4.78 is 39.6. The molecule has 3 amide bonds. The van der Waals surface area contributed by atoms with E-state index in [0.29, 0.717) is 31.8 Å². The predicted molar refractivity (Wildman–Crippen MR) is 104 cm³/mol. The van der Waals surface area contributed by atoms with Gasteiger partial charge in [-0.3, -0.25) is 4.79 Å². The number of urea groups is 1. The summed E-state index contributed by atoms with van der Waals surface area (Å²) in [6, 6.07) is 4.06. The highest BCUT2D eigenvalue weighted by Gasteiger charge is 2.44. The molecule has 2 N–H and O–H groups in total. The number of rotatable bonds is 3. The minimum atomic E-state index is -4.58. The Balaban J connectivity index is 1.77. The molecule has 2 aliphatic rings. The first kappa shape index (κ1) is 21.5. The molecule has 1 aromatic carbocycles. The van der Waals surface area contributed by atoms with Gasteiger partial charge in [0.05, 0.1) is 11.3 Å². The van der Waals surface area contributed by atoms with Gasteiger partial charge in [-0.25, -0.2) is 4.79 Å². The Morgan fingerprint density at radius 3 is 2.45 bits per heavy atom. The molecule has 0 radical (unpaired) electrons. The highest BCUT2D eigenvalue weighted by molar-refractivity contribution is 5.96. The average molecular weight is 411 g/mol. The van der Waals surface area contributed by atoms with Crippen LogP contribution in [0.5, 0.6) is 0 Å². The summed E-state index contributed by atoms with van der Waals surface area (Å²) in [6.45, 7) is 3.41. The number of carbonyl (C=O) groups is 2. The minimum absolute atomic E-state index is 0.108. The molecule has 1 heterocycles. The van der Waals surface area contributed by atoms with Crippen LogP contribution in [0.25, 0.3) is 0 Å². The number of benzene rings is 1. The molecule has 1 aromatic rings. The van der Waals surface area contributed by atoms with Crippen molar-refractivity contribution in [3.63, 3.8) is 0 Å². The summed E-state index contributed by atoms with van der Waals surface area (Å²) in [5, 5.41) is 5.08. The standard InChI is InChI=1S/C21H28F3N3O2/c1-15-8-7-13-27(14-15)18(28)20(11-5-2-6-12-20)26-19(29)25-17-10-4-3-9-16(17)21(22,23)24/h3-4,9-10,15H,2,5-8,11-14H2,1H3,(H2,25,26,29). The van der Waals surface area contributed by atoms with Gasteiger partial charge in [0.25, 0.3) is 0 Å². The van der Waals surface area contributed by atoms with Gasteiger partial charge < -0.3 is 15.5 Å². The van der Waals surface area contributed by atoms with E-state index in [0.717, 1.165) is 38.2 Å². The van der Waals surface area contributed by atoms with Gasteiger partial charge in [0.2, 0.25) is 5.91 Å². The quantitative estimate of drug-likeness (QED) is 0.751. The van der Waals surface area contributed by atoms with E-state index in [1.807, 2.05) is 4.90 Å². The van der Waals surface area contributed by atoms with E-state index in [2.05, 4.69) is 17.6 Å². The fraction of sp³-hybridized carbons (Fsp3) is 0.619. The van der Waals surface area contributed by atoms with Crippen LogP contribution in [0.2, 0.25) is 0 Å². The van der Waals surface area contributed by atoms with E-state index in [-0.39, 0.29) is 11.6 Å². The summed E-state index contributed by atoms with van der Waals surface area (Å²) in [5.41, 5.74) is -2.28. The van der Waals surface area contributed by atoms with Gasteiger partial charge in [-0.2, -0.15) is 13.2 Å². The van der Waals surface area contributed by atoms with Gasteiger partial charge in [-0.1, -0.05) is 38.3 Å².